The van der Waals surface area contributed by atoms with Gasteiger partial charge in [-0.1, -0.05) is 5.16 Å². The summed E-state index contributed by atoms with van der Waals surface area (Å²) < 4.78 is 39.2. The first kappa shape index (κ1) is 17.3. The van der Waals surface area contributed by atoms with Gasteiger partial charge in [0.25, 0.3) is 5.56 Å². The van der Waals surface area contributed by atoms with Crippen LogP contribution >= 0.6 is 0 Å². The van der Waals surface area contributed by atoms with E-state index in [0.29, 0.717) is 17.5 Å². The lowest BCUT2D eigenvalue weighted by atomic mass is 10.2. The first-order valence-corrected chi connectivity index (χ1v) is 10.0. The molecule has 4 rings (SSSR count). The molecule has 26 heavy (non-hydrogen) atoms. The Morgan fingerprint density at radius 1 is 1.19 bits per heavy atom. The van der Waals surface area contributed by atoms with Gasteiger partial charge in [0.05, 0.1) is 13.1 Å². The second-order valence-corrected chi connectivity index (χ2v) is 8.86. The van der Waals surface area contributed by atoms with Crippen molar-refractivity contribution in [1.29, 1.82) is 0 Å². The molecule has 8 nitrogen and oxygen atoms in total. The highest BCUT2D eigenvalue weighted by molar-refractivity contribution is 7.89. The quantitative estimate of drug-likeness (QED) is 0.782. The summed E-state index contributed by atoms with van der Waals surface area (Å²) in [6.45, 7) is 5.54. The Morgan fingerprint density at radius 2 is 1.88 bits per heavy atom. The summed E-state index contributed by atoms with van der Waals surface area (Å²) in [5.41, 5.74) is 1.16. The van der Waals surface area contributed by atoms with Crippen molar-refractivity contribution >= 4 is 10.0 Å². The highest BCUT2D eigenvalue weighted by Crippen LogP contribution is 2.35. The van der Waals surface area contributed by atoms with Gasteiger partial charge in [-0.3, -0.25) is 4.79 Å². The van der Waals surface area contributed by atoms with Gasteiger partial charge in [-0.2, -0.15) is 4.31 Å². The minimum absolute atomic E-state index is 0.0676. The van der Waals surface area contributed by atoms with Crippen LogP contribution in [-0.4, -0.2) is 41.6 Å². The Labute approximate surface area is 151 Å². The third-order valence-corrected chi connectivity index (χ3v) is 6.91. The zero-order valence-electron chi connectivity index (χ0n) is 14.9. The van der Waals surface area contributed by atoms with Crippen molar-refractivity contribution < 1.29 is 17.7 Å². The number of sulfonamides is 1. The molecule has 3 heterocycles. The van der Waals surface area contributed by atoms with Gasteiger partial charge in [0, 0.05) is 17.8 Å². The van der Waals surface area contributed by atoms with Crippen molar-refractivity contribution in [3.63, 3.8) is 0 Å². The summed E-state index contributed by atoms with van der Waals surface area (Å²) in [4.78, 5) is 12.4. The molecule has 2 aromatic heterocycles. The molecule has 2 fully saturated rings. The topological polar surface area (TPSA) is 94.6 Å². The molecular weight excluding hydrogens is 358 g/mol. The van der Waals surface area contributed by atoms with Crippen molar-refractivity contribution in [2.24, 2.45) is 0 Å². The highest BCUT2D eigenvalue weighted by atomic mass is 32.2. The van der Waals surface area contributed by atoms with Crippen LogP contribution in [0.2, 0.25) is 0 Å². The van der Waals surface area contributed by atoms with E-state index >= 15 is 0 Å². The fraction of sp³-hybridized carbons (Fsp3) is 0.529. The van der Waals surface area contributed by atoms with Crippen LogP contribution in [0.25, 0.3) is 0 Å². The SMILES string of the molecule is Cc1noc(C)c1S(=O)(=O)N1CC(Oc2cc(C)n(C3CC3)c(=O)c2)C1. The van der Waals surface area contributed by atoms with Gasteiger partial charge in [0.1, 0.15) is 22.4 Å². The molecule has 140 valence electrons. The van der Waals surface area contributed by atoms with Gasteiger partial charge in [0.2, 0.25) is 10.0 Å². The number of aryl methyl sites for hydroxylation is 3. The number of nitrogens with zero attached hydrogens (tertiary/aromatic N) is 3. The van der Waals surface area contributed by atoms with E-state index in [1.165, 1.54) is 10.4 Å². The number of hydrogen-bond donors (Lipinski definition) is 0. The molecule has 0 spiro atoms. The molecule has 0 unspecified atom stereocenters. The molecule has 0 amide bonds. The monoisotopic (exact) mass is 379 g/mol. The minimum atomic E-state index is -3.64. The summed E-state index contributed by atoms with van der Waals surface area (Å²) in [5, 5.41) is 3.71. The molecule has 0 bridgehead atoms. The molecule has 1 aliphatic heterocycles. The van der Waals surface area contributed by atoms with E-state index in [0.717, 1.165) is 18.5 Å². The van der Waals surface area contributed by atoms with Crippen molar-refractivity contribution in [2.45, 2.75) is 50.7 Å². The second-order valence-electron chi connectivity index (χ2n) is 6.99. The zero-order valence-corrected chi connectivity index (χ0v) is 15.7. The summed E-state index contributed by atoms with van der Waals surface area (Å²) in [6.07, 6.45) is 1.80. The highest BCUT2D eigenvalue weighted by Gasteiger charge is 2.41. The van der Waals surface area contributed by atoms with Gasteiger partial charge < -0.3 is 13.8 Å². The third kappa shape index (κ3) is 2.84. The van der Waals surface area contributed by atoms with Gasteiger partial charge >= 0.3 is 0 Å². The third-order valence-electron chi connectivity index (χ3n) is 4.83. The van der Waals surface area contributed by atoms with E-state index < -0.39 is 10.0 Å². The lowest BCUT2D eigenvalue weighted by Crippen LogP contribution is -2.56. The van der Waals surface area contributed by atoms with E-state index in [4.69, 9.17) is 9.26 Å². The Bertz CT molecular complexity index is 994. The van der Waals surface area contributed by atoms with Crippen LogP contribution in [0.1, 0.15) is 36.0 Å². The lowest BCUT2D eigenvalue weighted by Gasteiger charge is -2.37. The normalized spacial score (nSPS) is 18.7. The Hall–Kier alpha value is -2.13. The van der Waals surface area contributed by atoms with Crippen LogP contribution in [0.4, 0.5) is 0 Å². The van der Waals surface area contributed by atoms with Crippen molar-refractivity contribution in [3.05, 3.63) is 39.6 Å². The number of aromatic nitrogens is 2. The number of pyridine rings is 1. The zero-order chi connectivity index (χ0) is 18.6. The van der Waals surface area contributed by atoms with Gasteiger partial charge in [-0.15, -0.1) is 0 Å². The second kappa shape index (κ2) is 5.95. The van der Waals surface area contributed by atoms with E-state index in [9.17, 15) is 13.2 Å². The van der Waals surface area contributed by atoms with Gasteiger partial charge in [0.15, 0.2) is 5.76 Å². The van der Waals surface area contributed by atoms with Gasteiger partial charge in [-0.25, -0.2) is 8.42 Å². The molecular formula is C17H21N3O5S. The molecule has 2 aromatic rings. The molecule has 9 heteroatoms. The minimum Gasteiger partial charge on any atom is -0.487 e. The molecule has 0 aromatic carbocycles. The smallest absolute Gasteiger partial charge is 0.254 e. The van der Waals surface area contributed by atoms with E-state index in [1.54, 1.807) is 18.4 Å². The average Bonchev–Trinajstić information content (AvgIpc) is 3.26. The number of hydrogen-bond acceptors (Lipinski definition) is 6. The number of ether oxygens (including phenoxy) is 1. The average molecular weight is 379 g/mol. The Kier molecular flexibility index (Phi) is 3.96. The fourth-order valence-corrected chi connectivity index (χ4v) is 5.18. The summed E-state index contributed by atoms with van der Waals surface area (Å²) in [6, 6.07) is 3.64. The fourth-order valence-electron chi connectivity index (χ4n) is 3.39. The van der Waals surface area contributed by atoms with Crippen LogP contribution in [0.15, 0.2) is 26.3 Å². The van der Waals surface area contributed by atoms with Crippen molar-refractivity contribution in [1.82, 2.24) is 14.0 Å². The summed E-state index contributed by atoms with van der Waals surface area (Å²) >= 11 is 0. The molecule has 2 aliphatic rings. The Morgan fingerprint density at radius 3 is 2.42 bits per heavy atom. The van der Waals surface area contributed by atoms with Crippen molar-refractivity contribution in [2.75, 3.05) is 13.1 Å². The Balaban J connectivity index is 1.45. The first-order chi connectivity index (χ1) is 12.3. The number of rotatable bonds is 5. The van der Waals surface area contributed by atoms with Crippen LogP contribution in [0, 0.1) is 20.8 Å². The molecule has 0 N–H and O–H groups in total. The van der Waals surface area contributed by atoms with Crippen LogP contribution in [0.3, 0.4) is 0 Å². The molecule has 0 atom stereocenters. The molecule has 1 aliphatic carbocycles. The standard InChI is InChI=1S/C17H21N3O5S/c1-10-6-14(7-16(21)20(10)13-4-5-13)24-15-8-19(9-15)26(22,23)17-11(2)18-25-12(17)3/h6-7,13,15H,4-5,8-9H2,1-3H3. The van der Waals surface area contributed by atoms with Crippen molar-refractivity contribution in [3.8, 4) is 5.75 Å². The summed E-state index contributed by atoms with van der Waals surface area (Å²) in [7, 11) is -3.64. The van der Waals surface area contributed by atoms with E-state index in [-0.39, 0.29) is 35.4 Å². The first-order valence-electron chi connectivity index (χ1n) is 8.60. The van der Waals surface area contributed by atoms with Crippen LogP contribution < -0.4 is 10.3 Å². The van der Waals surface area contributed by atoms with E-state index in [2.05, 4.69) is 5.16 Å². The summed E-state index contributed by atoms with van der Waals surface area (Å²) in [5.74, 6) is 0.773. The molecule has 1 saturated carbocycles. The molecule has 0 radical (unpaired) electrons. The molecule has 1 saturated heterocycles. The maximum absolute atomic E-state index is 12.7. The maximum Gasteiger partial charge on any atom is 0.254 e. The maximum atomic E-state index is 12.7. The van der Waals surface area contributed by atoms with Gasteiger partial charge in [-0.05, 0) is 39.7 Å². The van der Waals surface area contributed by atoms with Crippen LogP contribution in [-0.2, 0) is 10.0 Å². The predicted molar refractivity (Wildman–Crippen MR) is 92.9 cm³/mol. The van der Waals surface area contributed by atoms with Crippen LogP contribution in [0.5, 0.6) is 5.75 Å². The lowest BCUT2D eigenvalue weighted by molar-refractivity contribution is 0.0758. The largest absolute Gasteiger partial charge is 0.487 e. The predicted octanol–water partition coefficient (Wildman–Crippen LogP) is 1.55. The van der Waals surface area contributed by atoms with E-state index in [1.807, 2.05) is 13.0 Å².